The molecule has 0 radical (unpaired) electrons. The second-order valence-electron chi connectivity index (χ2n) is 3.66. The molecule has 0 aromatic rings. The predicted molar refractivity (Wildman–Crippen MR) is 55.0 cm³/mol. The summed E-state index contributed by atoms with van der Waals surface area (Å²) in [6.45, 7) is 3.08. The van der Waals surface area contributed by atoms with Gasteiger partial charge in [-0.3, -0.25) is 4.79 Å². The average Bonchev–Trinajstić information content (AvgIpc) is 2.18. The van der Waals surface area contributed by atoms with Crippen LogP contribution in [0.2, 0.25) is 0 Å². The first-order chi connectivity index (χ1) is 6.29. The van der Waals surface area contributed by atoms with Crippen molar-refractivity contribution in [3.8, 4) is 0 Å². The van der Waals surface area contributed by atoms with Crippen molar-refractivity contribution in [2.75, 3.05) is 12.4 Å². The molecule has 0 spiro atoms. The number of carbonyl (C=O) groups excluding carboxylic acids is 1. The van der Waals surface area contributed by atoms with E-state index in [4.69, 9.17) is 11.6 Å². The van der Waals surface area contributed by atoms with Crippen LogP contribution >= 0.6 is 11.6 Å². The molecule has 13 heavy (non-hydrogen) atoms. The minimum atomic E-state index is 0.111. The zero-order chi connectivity index (χ0) is 9.68. The number of likely N-dealkylation sites (tertiary alicyclic amines) is 1. The van der Waals surface area contributed by atoms with Gasteiger partial charge in [0.15, 0.2) is 0 Å². The van der Waals surface area contributed by atoms with Gasteiger partial charge in [0, 0.05) is 12.6 Å². The summed E-state index contributed by atoms with van der Waals surface area (Å²) in [5, 5.41) is 0. The summed E-state index contributed by atoms with van der Waals surface area (Å²) in [6, 6.07) is 0.463. The molecule has 76 valence electrons. The van der Waals surface area contributed by atoms with Gasteiger partial charge >= 0.3 is 0 Å². The van der Waals surface area contributed by atoms with Gasteiger partial charge in [0.1, 0.15) is 5.88 Å². The van der Waals surface area contributed by atoms with E-state index in [2.05, 4.69) is 6.92 Å². The summed E-state index contributed by atoms with van der Waals surface area (Å²) in [5.74, 6) is 0.250. The molecule has 1 heterocycles. The number of carbonyl (C=O) groups is 1. The van der Waals surface area contributed by atoms with Gasteiger partial charge in [-0.25, -0.2) is 0 Å². The number of amides is 1. The van der Waals surface area contributed by atoms with Crippen LogP contribution in [0, 0.1) is 0 Å². The first-order valence-corrected chi connectivity index (χ1v) is 5.68. The Hall–Kier alpha value is -0.240. The van der Waals surface area contributed by atoms with Crippen LogP contribution < -0.4 is 0 Å². The van der Waals surface area contributed by atoms with E-state index in [-0.39, 0.29) is 11.8 Å². The highest BCUT2D eigenvalue weighted by Crippen LogP contribution is 2.20. The van der Waals surface area contributed by atoms with Crippen LogP contribution in [0.5, 0.6) is 0 Å². The van der Waals surface area contributed by atoms with Crippen LogP contribution in [0.1, 0.15) is 39.0 Å². The summed E-state index contributed by atoms with van der Waals surface area (Å²) >= 11 is 5.56. The molecule has 1 aliphatic rings. The number of hydrogen-bond donors (Lipinski definition) is 0. The summed E-state index contributed by atoms with van der Waals surface area (Å²) in [6.07, 6.45) is 5.84. The minimum Gasteiger partial charge on any atom is -0.339 e. The molecule has 3 heteroatoms. The first-order valence-electron chi connectivity index (χ1n) is 5.15. The lowest BCUT2D eigenvalue weighted by molar-refractivity contribution is -0.132. The van der Waals surface area contributed by atoms with Gasteiger partial charge in [-0.1, -0.05) is 13.3 Å². The van der Waals surface area contributed by atoms with Crippen LogP contribution in [0.25, 0.3) is 0 Å². The molecule has 1 unspecified atom stereocenters. The van der Waals surface area contributed by atoms with Crippen molar-refractivity contribution in [1.82, 2.24) is 4.90 Å². The highest BCUT2D eigenvalue weighted by molar-refractivity contribution is 6.27. The van der Waals surface area contributed by atoms with Gasteiger partial charge in [0.2, 0.25) is 5.91 Å². The summed E-state index contributed by atoms with van der Waals surface area (Å²) in [7, 11) is 0. The summed E-state index contributed by atoms with van der Waals surface area (Å²) in [5.41, 5.74) is 0. The van der Waals surface area contributed by atoms with Gasteiger partial charge in [-0.05, 0) is 25.7 Å². The monoisotopic (exact) mass is 203 g/mol. The molecule has 1 atom stereocenters. The SMILES string of the molecule is CCCC1CCCCN1C(=O)CCl. The van der Waals surface area contributed by atoms with Gasteiger partial charge in [-0.15, -0.1) is 11.6 Å². The van der Waals surface area contributed by atoms with Crippen molar-refractivity contribution in [2.45, 2.75) is 45.1 Å². The quantitative estimate of drug-likeness (QED) is 0.646. The number of alkyl halides is 1. The molecular weight excluding hydrogens is 186 g/mol. The largest absolute Gasteiger partial charge is 0.339 e. The molecule has 1 rings (SSSR count). The third-order valence-electron chi connectivity index (χ3n) is 2.68. The Balaban J connectivity index is 2.50. The van der Waals surface area contributed by atoms with Crippen molar-refractivity contribution in [2.24, 2.45) is 0 Å². The van der Waals surface area contributed by atoms with Crippen LogP contribution in [0.3, 0.4) is 0 Å². The number of halogens is 1. The molecule has 0 saturated carbocycles. The second-order valence-corrected chi connectivity index (χ2v) is 3.93. The Morgan fingerprint density at radius 1 is 1.54 bits per heavy atom. The van der Waals surface area contributed by atoms with Crippen molar-refractivity contribution < 1.29 is 4.79 Å². The van der Waals surface area contributed by atoms with Crippen molar-refractivity contribution in [3.63, 3.8) is 0 Å². The molecule has 0 aromatic heterocycles. The zero-order valence-electron chi connectivity index (χ0n) is 8.26. The van der Waals surface area contributed by atoms with E-state index < -0.39 is 0 Å². The number of nitrogens with zero attached hydrogens (tertiary/aromatic N) is 1. The van der Waals surface area contributed by atoms with E-state index in [1.54, 1.807) is 0 Å². The third-order valence-corrected chi connectivity index (χ3v) is 2.91. The molecule has 1 aliphatic heterocycles. The predicted octanol–water partition coefficient (Wildman–Crippen LogP) is 2.41. The molecule has 0 aliphatic carbocycles. The van der Waals surface area contributed by atoms with Gasteiger partial charge in [-0.2, -0.15) is 0 Å². The highest BCUT2D eigenvalue weighted by atomic mass is 35.5. The number of piperidine rings is 1. The fourth-order valence-corrected chi connectivity index (χ4v) is 2.19. The first kappa shape index (κ1) is 10.8. The Morgan fingerprint density at radius 2 is 2.31 bits per heavy atom. The topological polar surface area (TPSA) is 20.3 Å². The van der Waals surface area contributed by atoms with E-state index in [1.165, 1.54) is 6.42 Å². The maximum atomic E-state index is 11.4. The Bertz CT molecular complexity index is 170. The fraction of sp³-hybridized carbons (Fsp3) is 0.900. The zero-order valence-corrected chi connectivity index (χ0v) is 9.02. The lowest BCUT2D eigenvalue weighted by atomic mass is 9.98. The summed E-state index contributed by atoms with van der Waals surface area (Å²) < 4.78 is 0. The van der Waals surface area contributed by atoms with Gasteiger partial charge < -0.3 is 4.90 Å². The van der Waals surface area contributed by atoms with E-state index in [9.17, 15) is 4.79 Å². The standard InChI is InChI=1S/C10H18ClNO/c1-2-5-9-6-3-4-7-12(9)10(13)8-11/h9H,2-8H2,1H3. The van der Waals surface area contributed by atoms with Crippen LogP contribution in [0.4, 0.5) is 0 Å². The molecule has 0 aromatic carbocycles. The van der Waals surface area contributed by atoms with Gasteiger partial charge in [0.05, 0.1) is 0 Å². The molecular formula is C10H18ClNO. The summed E-state index contributed by atoms with van der Waals surface area (Å²) in [4.78, 5) is 13.4. The average molecular weight is 204 g/mol. The molecule has 1 amide bonds. The third kappa shape index (κ3) is 2.87. The fourth-order valence-electron chi connectivity index (χ4n) is 2.04. The second kappa shape index (κ2) is 5.48. The molecule has 0 bridgehead atoms. The van der Waals surface area contributed by atoms with Crippen molar-refractivity contribution in [3.05, 3.63) is 0 Å². The van der Waals surface area contributed by atoms with Crippen LogP contribution in [-0.4, -0.2) is 29.3 Å². The lowest BCUT2D eigenvalue weighted by Crippen LogP contribution is -2.44. The van der Waals surface area contributed by atoms with E-state index in [0.29, 0.717) is 6.04 Å². The smallest absolute Gasteiger partial charge is 0.237 e. The number of hydrogen-bond acceptors (Lipinski definition) is 1. The molecule has 0 N–H and O–H groups in total. The molecule has 1 fully saturated rings. The van der Waals surface area contributed by atoms with Crippen molar-refractivity contribution >= 4 is 17.5 Å². The van der Waals surface area contributed by atoms with E-state index >= 15 is 0 Å². The Kier molecular flexibility index (Phi) is 4.57. The lowest BCUT2D eigenvalue weighted by Gasteiger charge is -2.35. The minimum absolute atomic E-state index is 0.111. The van der Waals surface area contributed by atoms with Crippen LogP contribution in [0.15, 0.2) is 0 Å². The molecule has 1 saturated heterocycles. The van der Waals surface area contributed by atoms with E-state index in [0.717, 1.165) is 32.2 Å². The van der Waals surface area contributed by atoms with Gasteiger partial charge in [0.25, 0.3) is 0 Å². The molecule has 2 nitrogen and oxygen atoms in total. The highest BCUT2D eigenvalue weighted by Gasteiger charge is 2.24. The van der Waals surface area contributed by atoms with Crippen molar-refractivity contribution in [1.29, 1.82) is 0 Å². The maximum absolute atomic E-state index is 11.4. The maximum Gasteiger partial charge on any atom is 0.237 e. The Labute approximate surface area is 85.2 Å². The Morgan fingerprint density at radius 3 is 2.92 bits per heavy atom. The normalized spacial score (nSPS) is 23.2. The number of rotatable bonds is 3. The van der Waals surface area contributed by atoms with Crippen LogP contribution in [-0.2, 0) is 4.79 Å². The van der Waals surface area contributed by atoms with E-state index in [1.807, 2.05) is 4.90 Å².